The number of nitrogens with two attached hydrogens (primary N) is 1. The number of hydrogen-bond acceptors (Lipinski definition) is 8. The molecular formula is C20H20N8O. The highest BCUT2D eigenvalue weighted by Gasteiger charge is 2.26. The van der Waals surface area contributed by atoms with Gasteiger partial charge in [-0.2, -0.15) is 10.1 Å². The highest BCUT2D eigenvalue weighted by atomic mass is 16.5. The Hall–Kier alpha value is -3.75. The zero-order valence-electron chi connectivity index (χ0n) is 15.9. The molecule has 9 heteroatoms. The first kappa shape index (κ1) is 17.4. The van der Waals surface area contributed by atoms with Gasteiger partial charge in [0, 0.05) is 35.6 Å². The average Bonchev–Trinajstić information content (AvgIpc) is 3.27. The molecule has 0 aromatic carbocycles. The zero-order valence-corrected chi connectivity index (χ0v) is 15.9. The third-order valence-corrected chi connectivity index (χ3v) is 4.94. The van der Waals surface area contributed by atoms with Crippen molar-refractivity contribution in [2.45, 2.75) is 32.2 Å². The van der Waals surface area contributed by atoms with E-state index in [1.165, 1.54) is 12.8 Å². The molecule has 29 heavy (non-hydrogen) atoms. The smallest absolute Gasteiger partial charge is 0.225 e. The summed E-state index contributed by atoms with van der Waals surface area (Å²) in [5.74, 6) is 2.09. The maximum absolute atomic E-state index is 6.22. The number of nitrogens with zero attached hydrogens (tertiary/aromatic N) is 5. The van der Waals surface area contributed by atoms with E-state index in [2.05, 4.69) is 35.6 Å². The molecule has 146 valence electrons. The van der Waals surface area contributed by atoms with Crippen LogP contribution in [-0.2, 0) is 6.54 Å². The molecule has 1 saturated carbocycles. The number of aromatic amines is 1. The lowest BCUT2D eigenvalue weighted by Gasteiger charge is -2.09. The molecule has 0 saturated heterocycles. The van der Waals surface area contributed by atoms with Crippen LogP contribution in [0.15, 0.2) is 41.2 Å². The summed E-state index contributed by atoms with van der Waals surface area (Å²) in [6.45, 7) is 2.30. The van der Waals surface area contributed by atoms with Gasteiger partial charge in [-0.1, -0.05) is 5.16 Å². The van der Waals surface area contributed by atoms with E-state index in [0.717, 1.165) is 33.9 Å². The van der Waals surface area contributed by atoms with Crippen LogP contribution < -0.4 is 11.1 Å². The van der Waals surface area contributed by atoms with Crippen LogP contribution in [0, 0.1) is 6.92 Å². The molecule has 1 aliphatic carbocycles. The van der Waals surface area contributed by atoms with Crippen LogP contribution in [0.3, 0.4) is 0 Å². The van der Waals surface area contributed by atoms with E-state index in [1.54, 1.807) is 12.4 Å². The summed E-state index contributed by atoms with van der Waals surface area (Å²) in [4.78, 5) is 12.9. The number of nitrogen functional groups attached to an aromatic ring is 1. The molecule has 4 heterocycles. The maximum atomic E-state index is 6.22. The minimum absolute atomic E-state index is 0.392. The first-order chi connectivity index (χ1) is 14.2. The fraction of sp³-hybridized carbons (Fsp3) is 0.250. The summed E-state index contributed by atoms with van der Waals surface area (Å²) in [7, 11) is 0. The van der Waals surface area contributed by atoms with E-state index in [1.807, 2.05) is 31.2 Å². The number of rotatable bonds is 6. The third-order valence-electron chi connectivity index (χ3n) is 4.94. The molecule has 9 nitrogen and oxygen atoms in total. The molecule has 0 unspecified atom stereocenters. The molecule has 4 aromatic heterocycles. The Morgan fingerprint density at radius 3 is 2.76 bits per heavy atom. The molecule has 1 fully saturated rings. The van der Waals surface area contributed by atoms with Gasteiger partial charge in [-0.3, -0.25) is 10.1 Å². The van der Waals surface area contributed by atoms with Crippen molar-refractivity contribution < 1.29 is 4.52 Å². The molecule has 0 spiro atoms. The van der Waals surface area contributed by atoms with Crippen molar-refractivity contribution in [1.29, 1.82) is 0 Å². The SMILES string of the molecule is Cc1nc(NCc2cc(-c3ccncc3)no2)nc(N)c1-c1cc(C2CC2)[nH]n1. The number of aryl methyl sites for hydroxylation is 1. The van der Waals surface area contributed by atoms with Crippen molar-refractivity contribution in [3.8, 4) is 22.5 Å². The first-order valence-electron chi connectivity index (χ1n) is 9.47. The summed E-state index contributed by atoms with van der Waals surface area (Å²) in [5.41, 5.74) is 11.4. The second-order valence-electron chi connectivity index (χ2n) is 7.14. The second-order valence-corrected chi connectivity index (χ2v) is 7.14. The lowest BCUT2D eigenvalue weighted by Crippen LogP contribution is -2.08. The molecule has 0 aliphatic heterocycles. The predicted octanol–water partition coefficient (Wildman–Crippen LogP) is 3.30. The van der Waals surface area contributed by atoms with Crippen molar-refractivity contribution in [1.82, 2.24) is 30.3 Å². The van der Waals surface area contributed by atoms with Crippen molar-refractivity contribution in [3.63, 3.8) is 0 Å². The number of pyridine rings is 1. The minimum Gasteiger partial charge on any atom is -0.383 e. The van der Waals surface area contributed by atoms with Gasteiger partial charge >= 0.3 is 0 Å². The Bertz CT molecular complexity index is 1120. The number of nitrogens with one attached hydrogen (secondary N) is 2. The van der Waals surface area contributed by atoms with Gasteiger partial charge in [0.1, 0.15) is 11.5 Å². The van der Waals surface area contributed by atoms with Crippen molar-refractivity contribution >= 4 is 11.8 Å². The van der Waals surface area contributed by atoms with E-state index < -0.39 is 0 Å². The zero-order chi connectivity index (χ0) is 19.8. The highest BCUT2D eigenvalue weighted by Crippen LogP contribution is 2.40. The fourth-order valence-corrected chi connectivity index (χ4v) is 3.28. The van der Waals surface area contributed by atoms with Crippen LogP contribution >= 0.6 is 0 Å². The molecular weight excluding hydrogens is 368 g/mol. The van der Waals surface area contributed by atoms with Gasteiger partial charge in [0.05, 0.1) is 23.5 Å². The Morgan fingerprint density at radius 1 is 1.17 bits per heavy atom. The molecule has 0 amide bonds. The largest absolute Gasteiger partial charge is 0.383 e. The number of H-pyrrole nitrogens is 1. The summed E-state index contributed by atoms with van der Waals surface area (Å²) in [6, 6.07) is 7.67. The summed E-state index contributed by atoms with van der Waals surface area (Å²) >= 11 is 0. The molecule has 0 atom stereocenters. The van der Waals surface area contributed by atoms with Gasteiger partial charge in [0.25, 0.3) is 0 Å². The van der Waals surface area contributed by atoms with Crippen molar-refractivity contribution in [3.05, 3.63) is 53.8 Å². The van der Waals surface area contributed by atoms with Crippen LogP contribution in [0.5, 0.6) is 0 Å². The lowest BCUT2D eigenvalue weighted by atomic mass is 10.1. The van der Waals surface area contributed by atoms with Crippen LogP contribution in [-0.4, -0.2) is 30.3 Å². The normalized spacial score (nSPS) is 13.6. The first-order valence-corrected chi connectivity index (χ1v) is 9.47. The van der Waals surface area contributed by atoms with E-state index in [-0.39, 0.29) is 0 Å². The second kappa shape index (κ2) is 7.01. The quantitative estimate of drug-likeness (QED) is 0.458. The molecule has 1 aliphatic rings. The third kappa shape index (κ3) is 3.54. The number of aromatic nitrogens is 6. The van der Waals surface area contributed by atoms with E-state index in [9.17, 15) is 0 Å². The fourth-order valence-electron chi connectivity index (χ4n) is 3.28. The maximum Gasteiger partial charge on any atom is 0.225 e. The van der Waals surface area contributed by atoms with Crippen LogP contribution in [0.1, 0.15) is 35.9 Å². The molecule has 5 rings (SSSR count). The van der Waals surface area contributed by atoms with Crippen LogP contribution in [0.25, 0.3) is 22.5 Å². The predicted molar refractivity (Wildman–Crippen MR) is 108 cm³/mol. The minimum atomic E-state index is 0.392. The van der Waals surface area contributed by atoms with E-state index >= 15 is 0 Å². The standard InChI is InChI=1S/C20H20N8O/c1-11-18(17-9-15(26-27-17)12-2-3-12)19(21)25-20(24-11)23-10-14-8-16(28-29-14)13-4-6-22-7-5-13/h4-9,12H,2-3,10H2,1H3,(H,26,27)(H3,21,23,24,25). The van der Waals surface area contributed by atoms with E-state index in [4.69, 9.17) is 10.3 Å². The molecule has 0 bridgehead atoms. The molecule has 4 N–H and O–H groups in total. The summed E-state index contributed by atoms with van der Waals surface area (Å²) in [6.07, 6.45) is 5.85. The lowest BCUT2D eigenvalue weighted by molar-refractivity contribution is 0.390. The Kier molecular flexibility index (Phi) is 4.19. The average molecular weight is 388 g/mol. The topological polar surface area (TPSA) is 131 Å². The van der Waals surface area contributed by atoms with Gasteiger partial charge in [-0.15, -0.1) is 0 Å². The molecule has 0 radical (unpaired) electrons. The van der Waals surface area contributed by atoms with Gasteiger partial charge in [-0.05, 0) is 38.0 Å². The Balaban J connectivity index is 1.31. The Morgan fingerprint density at radius 2 is 2.00 bits per heavy atom. The van der Waals surface area contributed by atoms with Gasteiger partial charge < -0.3 is 15.6 Å². The summed E-state index contributed by atoms with van der Waals surface area (Å²) < 4.78 is 5.39. The summed E-state index contributed by atoms with van der Waals surface area (Å²) in [5, 5.41) is 14.7. The van der Waals surface area contributed by atoms with Gasteiger partial charge in [0.2, 0.25) is 5.95 Å². The number of anilines is 2. The van der Waals surface area contributed by atoms with Gasteiger partial charge in [0.15, 0.2) is 5.76 Å². The highest BCUT2D eigenvalue weighted by molar-refractivity contribution is 5.74. The van der Waals surface area contributed by atoms with Crippen LogP contribution in [0.4, 0.5) is 11.8 Å². The molecule has 4 aromatic rings. The van der Waals surface area contributed by atoms with Crippen LogP contribution in [0.2, 0.25) is 0 Å². The monoisotopic (exact) mass is 388 g/mol. The van der Waals surface area contributed by atoms with Crippen molar-refractivity contribution in [2.24, 2.45) is 0 Å². The number of hydrogen-bond donors (Lipinski definition) is 3. The van der Waals surface area contributed by atoms with E-state index in [0.29, 0.717) is 30.0 Å². The van der Waals surface area contributed by atoms with Gasteiger partial charge in [-0.25, -0.2) is 4.98 Å². The Labute approximate surface area is 166 Å². The van der Waals surface area contributed by atoms with Crippen molar-refractivity contribution in [2.75, 3.05) is 11.1 Å².